The van der Waals surface area contributed by atoms with Crippen LogP contribution in [-0.2, 0) is 21.4 Å². The Morgan fingerprint density at radius 3 is 2.59 bits per heavy atom. The maximum atomic E-state index is 12.4. The molecular weight excluding hydrogens is 300 g/mol. The van der Waals surface area contributed by atoms with Crippen LogP contribution >= 0.6 is 0 Å². The van der Waals surface area contributed by atoms with Gasteiger partial charge in [-0.25, -0.2) is 13.4 Å². The lowest BCUT2D eigenvalue weighted by Crippen LogP contribution is -2.14. The predicted octanol–water partition coefficient (Wildman–Crippen LogP) is 3.12. The number of aromatic nitrogens is 1. The van der Waals surface area contributed by atoms with E-state index in [1.807, 2.05) is 32.9 Å². The summed E-state index contributed by atoms with van der Waals surface area (Å²) in [5.41, 5.74) is 1.56. The summed E-state index contributed by atoms with van der Waals surface area (Å²) >= 11 is 0. The number of aryl methyl sites for hydroxylation is 1. The van der Waals surface area contributed by atoms with Crippen LogP contribution in [0.15, 0.2) is 47.4 Å². The first-order valence-corrected chi connectivity index (χ1v) is 8.52. The Labute approximate surface area is 131 Å². The molecule has 2 aromatic rings. The molecule has 0 saturated heterocycles. The zero-order valence-electron chi connectivity index (χ0n) is 12.9. The van der Waals surface area contributed by atoms with E-state index in [9.17, 15) is 8.42 Å². The van der Waals surface area contributed by atoms with E-state index in [4.69, 9.17) is 4.74 Å². The van der Waals surface area contributed by atoms with Crippen LogP contribution in [0.2, 0.25) is 0 Å². The Morgan fingerprint density at radius 1 is 1.18 bits per heavy atom. The van der Waals surface area contributed by atoms with Crippen LogP contribution in [0, 0.1) is 6.92 Å². The van der Waals surface area contributed by atoms with E-state index in [0.29, 0.717) is 12.4 Å². The Hall–Kier alpha value is -1.92. The molecule has 0 bridgehead atoms. The highest BCUT2D eigenvalue weighted by Gasteiger charge is 2.15. The maximum absolute atomic E-state index is 12.4. The van der Waals surface area contributed by atoms with Crippen molar-refractivity contribution >= 4 is 15.8 Å². The molecule has 1 aromatic heterocycles. The van der Waals surface area contributed by atoms with Crippen molar-refractivity contribution in [1.82, 2.24) is 4.98 Å². The minimum Gasteiger partial charge on any atom is -0.374 e. The largest absolute Gasteiger partial charge is 0.374 e. The van der Waals surface area contributed by atoms with Crippen LogP contribution in [0.5, 0.6) is 0 Å². The highest BCUT2D eigenvalue weighted by atomic mass is 32.2. The molecule has 0 spiro atoms. The average Bonchev–Trinajstić information content (AvgIpc) is 2.45. The monoisotopic (exact) mass is 320 g/mol. The molecule has 118 valence electrons. The Bertz CT molecular complexity index is 743. The molecular formula is C16H20N2O3S. The Balaban J connectivity index is 2.20. The molecule has 1 heterocycles. The van der Waals surface area contributed by atoms with Gasteiger partial charge in [0.25, 0.3) is 10.0 Å². The van der Waals surface area contributed by atoms with Gasteiger partial charge >= 0.3 is 0 Å². The predicted molar refractivity (Wildman–Crippen MR) is 86.1 cm³/mol. The molecule has 0 aliphatic heterocycles. The van der Waals surface area contributed by atoms with Crippen molar-refractivity contribution in [2.45, 2.75) is 38.4 Å². The minimum atomic E-state index is -3.66. The summed E-state index contributed by atoms with van der Waals surface area (Å²) in [6.07, 6.45) is 0.0925. The van der Waals surface area contributed by atoms with Crippen molar-refractivity contribution in [3.8, 4) is 0 Å². The number of sulfonamides is 1. The lowest BCUT2D eigenvalue weighted by Gasteiger charge is -2.11. The van der Waals surface area contributed by atoms with Gasteiger partial charge in [-0.1, -0.05) is 18.2 Å². The van der Waals surface area contributed by atoms with Crippen molar-refractivity contribution < 1.29 is 13.2 Å². The van der Waals surface area contributed by atoms with Crippen LogP contribution < -0.4 is 4.72 Å². The molecule has 1 N–H and O–H groups in total. The molecule has 5 nitrogen and oxygen atoms in total. The number of nitrogens with zero attached hydrogens (tertiary/aromatic N) is 1. The van der Waals surface area contributed by atoms with Gasteiger partial charge < -0.3 is 4.74 Å². The van der Waals surface area contributed by atoms with Gasteiger partial charge in [0.2, 0.25) is 0 Å². The summed E-state index contributed by atoms with van der Waals surface area (Å²) in [7, 11) is -3.66. The molecule has 0 aliphatic rings. The third kappa shape index (κ3) is 4.54. The fourth-order valence-corrected chi connectivity index (χ4v) is 2.93. The average molecular weight is 320 g/mol. The van der Waals surface area contributed by atoms with E-state index in [0.717, 1.165) is 11.3 Å². The van der Waals surface area contributed by atoms with Crippen LogP contribution in [-0.4, -0.2) is 19.5 Å². The molecule has 0 aliphatic carbocycles. The summed E-state index contributed by atoms with van der Waals surface area (Å²) in [6, 6.07) is 11.9. The standard InChI is InChI=1S/C16H20N2O3S/c1-12(2)21-11-14-7-5-8-15(10-14)22(19,20)18-16-9-4-6-13(3)17-16/h4-10,12H,11H2,1-3H3,(H,17,18). The lowest BCUT2D eigenvalue weighted by molar-refractivity contribution is 0.0656. The molecule has 6 heteroatoms. The summed E-state index contributed by atoms with van der Waals surface area (Å²) in [6.45, 7) is 6.06. The second-order valence-corrected chi connectivity index (χ2v) is 6.96. The normalized spacial score (nSPS) is 11.6. The number of rotatable bonds is 6. The lowest BCUT2D eigenvalue weighted by atomic mass is 10.2. The summed E-state index contributed by atoms with van der Waals surface area (Å²) in [5.74, 6) is 0.309. The van der Waals surface area contributed by atoms with Gasteiger partial charge in [-0.3, -0.25) is 4.72 Å². The number of pyridine rings is 1. The number of anilines is 1. The molecule has 0 saturated carbocycles. The number of nitrogens with one attached hydrogen (secondary N) is 1. The van der Waals surface area contributed by atoms with Gasteiger partial charge in [-0.2, -0.15) is 0 Å². The van der Waals surface area contributed by atoms with Crippen molar-refractivity contribution in [2.75, 3.05) is 4.72 Å². The molecule has 0 atom stereocenters. The molecule has 0 amide bonds. The zero-order valence-corrected chi connectivity index (χ0v) is 13.7. The van der Waals surface area contributed by atoms with Crippen LogP contribution in [0.1, 0.15) is 25.1 Å². The van der Waals surface area contributed by atoms with Crippen LogP contribution in [0.4, 0.5) is 5.82 Å². The van der Waals surface area contributed by atoms with Gasteiger partial charge in [0.05, 0.1) is 17.6 Å². The fourth-order valence-electron chi connectivity index (χ4n) is 1.86. The number of hydrogen-bond acceptors (Lipinski definition) is 4. The van der Waals surface area contributed by atoms with Gasteiger partial charge in [0.1, 0.15) is 5.82 Å². The Morgan fingerprint density at radius 2 is 1.91 bits per heavy atom. The third-order valence-corrected chi connectivity index (χ3v) is 4.27. The van der Waals surface area contributed by atoms with Crippen LogP contribution in [0.25, 0.3) is 0 Å². The molecule has 1 aromatic carbocycles. The summed E-state index contributed by atoms with van der Waals surface area (Å²) in [4.78, 5) is 4.35. The van der Waals surface area contributed by atoms with Gasteiger partial charge in [0.15, 0.2) is 0 Å². The van der Waals surface area contributed by atoms with Gasteiger partial charge in [0, 0.05) is 5.69 Å². The van der Waals surface area contributed by atoms with Crippen LogP contribution in [0.3, 0.4) is 0 Å². The highest BCUT2D eigenvalue weighted by molar-refractivity contribution is 7.92. The maximum Gasteiger partial charge on any atom is 0.263 e. The van der Waals surface area contributed by atoms with E-state index in [-0.39, 0.29) is 11.0 Å². The second-order valence-electron chi connectivity index (χ2n) is 5.28. The van der Waals surface area contributed by atoms with E-state index >= 15 is 0 Å². The molecule has 0 radical (unpaired) electrons. The van der Waals surface area contributed by atoms with Crippen molar-refractivity contribution in [2.24, 2.45) is 0 Å². The molecule has 22 heavy (non-hydrogen) atoms. The zero-order chi connectivity index (χ0) is 16.2. The van der Waals surface area contributed by atoms with Crippen molar-refractivity contribution in [3.63, 3.8) is 0 Å². The molecule has 0 fully saturated rings. The Kier molecular flexibility index (Phi) is 5.15. The van der Waals surface area contributed by atoms with E-state index in [1.165, 1.54) is 0 Å². The van der Waals surface area contributed by atoms with E-state index < -0.39 is 10.0 Å². The van der Waals surface area contributed by atoms with Crippen molar-refractivity contribution in [3.05, 3.63) is 53.7 Å². The quantitative estimate of drug-likeness (QED) is 0.888. The number of hydrogen-bond donors (Lipinski definition) is 1. The smallest absolute Gasteiger partial charge is 0.263 e. The summed E-state index contributed by atoms with van der Waals surface area (Å²) in [5, 5.41) is 0. The first kappa shape index (κ1) is 16.5. The first-order valence-electron chi connectivity index (χ1n) is 7.04. The SMILES string of the molecule is Cc1cccc(NS(=O)(=O)c2cccc(COC(C)C)c2)n1. The van der Waals surface area contributed by atoms with Gasteiger partial charge in [-0.15, -0.1) is 0 Å². The highest BCUT2D eigenvalue weighted by Crippen LogP contribution is 2.17. The van der Waals surface area contributed by atoms with Gasteiger partial charge in [-0.05, 0) is 50.6 Å². The topological polar surface area (TPSA) is 68.3 Å². The number of ether oxygens (including phenoxy) is 1. The number of benzene rings is 1. The second kappa shape index (κ2) is 6.89. The molecule has 0 unspecified atom stereocenters. The summed E-state index contributed by atoms with van der Waals surface area (Å²) < 4.78 is 32.8. The van der Waals surface area contributed by atoms with E-state index in [1.54, 1.807) is 30.3 Å². The van der Waals surface area contributed by atoms with E-state index in [2.05, 4.69) is 9.71 Å². The fraction of sp³-hybridized carbons (Fsp3) is 0.312. The first-order chi connectivity index (χ1) is 10.4. The minimum absolute atomic E-state index is 0.0925. The van der Waals surface area contributed by atoms with Crippen molar-refractivity contribution in [1.29, 1.82) is 0 Å². The third-order valence-electron chi connectivity index (χ3n) is 2.92. The molecule has 2 rings (SSSR count).